The van der Waals surface area contributed by atoms with Gasteiger partial charge in [0.2, 0.25) is 16.5 Å². The molecule has 16 heavy (non-hydrogen) atoms. The highest BCUT2D eigenvalue weighted by Crippen LogP contribution is 2.25. The zero-order valence-corrected chi connectivity index (χ0v) is 10.3. The van der Waals surface area contributed by atoms with Crippen molar-refractivity contribution in [1.29, 1.82) is 0 Å². The topological polar surface area (TPSA) is 59.9 Å². The van der Waals surface area contributed by atoms with Gasteiger partial charge < -0.3 is 10.1 Å². The van der Waals surface area contributed by atoms with Crippen LogP contribution >= 0.6 is 23.2 Å². The van der Waals surface area contributed by atoms with E-state index in [1.54, 1.807) is 0 Å². The lowest BCUT2D eigenvalue weighted by atomic mass is 10.0. The molecule has 2 heterocycles. The third kappa shape index (κ3) is 2.93. The highest BCUT2D eigenvalue weighted by molar-refractivity contribution is 6.31. The number of hydrogen-bond acceptors (Lipinski definition) is 5. The van der Waals surface area contributed by atoms with E-state index in [0.717, 1.165) is 19.4 Å². The normalized spacial score (nSPS) is 24.7. The molecule has 1 aliphatic heterocycles. The lowest BCUT2D eigenvalue weighted by Gasteiger charge is -2.23. The van der Waals surface area contributed by atoms with E-state index in [0.29, 0.717) is 12.5 Å². The van der Waals surface area contributed by atoms with E-state index < -0.39 is 0 Å². The van der Waals surface area contributed by atoms with Gasteiger partial charge in [0, 0.05) is 13.2 Å². The van der Waals surface area contributed by atoms with Crippen molar-refractivity contribution in [3.63, 3.8) is 0 Å². The average Bonchev–Trinajstić information content (AvgIpc) is 2.62. The van der Waals surface area contributed by atoms with Gasteiger partial charge in [-0.1, -0.05) is 0 Å². The second-order valence-corrected chi connectivity index (χ2v) is 4.63. The van der Waals surface area contributed by atoms with Crippen LogP contribution < -0.4 is 5.32 Å². The first-order valence-electron chi connectivity index (χ1n) is 5.02. The number of anilines is 1. The van der Waals surface area contributed by atoms with E-state index in [9.17, 15) is 0 Å². The Morgan fingerprint density at radius 1 is 1.31 bits per heavy atom. The molecule has 0 radical (unpaired) electrons. The van der Waals surface area contributed by atoms with E-state index in [4.69, 9.17) is 27.9 Å². The van der Waals surface area contributed by atoms with Gasteiger partial charge in [-0.2, -0.15) is 15.0 Å². The minimum absolute atomic E-state index is 0.0833. The Kier molecular flexibility index (Phi) is 3.47. The predicted molar refractivity (Wildman–Crippen MR) is 61.9 cm³/mol. The van der Waals surface area contributed by atoms with Crippen molar-refractivity contribution in [3.05, 3.63) is 10.6 Å². The number of rotatable bonds is 3. The summed E-state index contributed by atoms with van der Waals surface area (Å²) in [4.78, 5) is 11.5. The van der Waals surface area contributed by atoms with Crippen LogP contribution in [0.4, 0.5) is 5.95 Å². The smallest absolute Gasteiger partial charge is 0.228 e. The van der Waals surface area contributed by atoms with Crippen molar-refractivity contribution in [1.82, 2.24) is 15.0 Å². The largest absolute Gasteiger partial charge is 0.373 e. The third-order valence-corrected chi connectivity index (χ3v) is 2.84. The molecule has 1 N–H and O–H groups in total. The number of nitrogens with zero attached hydrogens (tertiary/aromatic N) is 3. The number of ether oxygens (including phenoxy) is 1. The fourth-order valence-electron chi connectivity index (χ4n) is 1.65. The molecule has 1 aliphatic rings. The molecule has 2 rings (SSSR count). The summed E-state index contributed by atoms with van der Waals surface area (Å²) < 4.78 is 5.62. The Balaban J connectivity index is 1.98. The zero-order valence-electron chi connectivity index (χ0n) is 8.83. The standard InChI is InChI=1S/C9H12Cl2N4O/c1-9(3-2-4-16-9)5-12-8-14-6(10)13-7(11)15-8/h2-5H2,1H3,(H,12,13,14,15). The molecule has 0 bridgehead atoms. The molecule has 0 saturated carbocycles. The van der Waals surface area contributed by atoms with E-state index in [1.807, 2.05) is 0 Å². The van der Waals surface area contributed by atoms with E-state index >= 15 is 0 Å². The molecule has 1 unspecified atom stereocenters. The Labute approximate surface area is 104 Å². The van der Waals surface area contributed by atoms with Crippen LogP contribution in [-0.2, 0) is 4.74 Å². The molecule has 88 valence electrons. The van der Waals surface area contributed by atoms with Crippen LogP contribution in [0.1, 0.15) is 19.8 Å². The first kappa shape index (κ1) is 11.8. The summed E-state index contributed by atoms with van der Waals surface area (Å²) >= 11 is 11.3. The van der Waals surface area contributed by atoms with Crippen LogP contribution in [0.15, 0.2) is 0 Å². The molecule has 0 amide bonds. The Hall–Kier alpha value is -0.650. The Morgan fingerprint density at radius 2 is 2.00 bits per heavy atom. The molecular formula is C9H12Cl2N4O. The average molecular weight is 263 g/mol. The van der Waals surface area contributed by atoms with Crippen molar-refractivity contribution in [3.8, 4) is 0 Å². The minimum atomic E-state index is -0.161. The van der Waals surface area contributed by atoms with E-state index in [2.05, 4.69) is 27.2 Å². The quantitative estimate of drug-likeness (QED) is 0.905. The zero-order chi connectivity index (χ0) is 11.6. The number of hydrogen-bond donors (Lipinski definition) is 1. The first-order valence-corrected chi connectivity index (χ1v) is 5.78. The maximum atomic E-state index is 5.66. The molecule has 0 aliphatic carbocycles. The van der Waals surface area contributed by atoms with Gasteiger partial charge in [0.15, 0.2) is 0 Å². The van der Waals surface area contributed by atoms with Gasteiger partial charge >= 0.3 is 0 Å². The monoisotopic (exact) mass is 262 g/mol. The predicted octanol–water partition coefficient (Wildman–Crippen LogP) is 2.16. The van der Waals surface area contributed by atoms with Crippen molar-refractivity contribution < 1.29 is 4.74 Å². The van der Waals surface area contributed by atoms with E-state index in [1.165, 1.54) is 0 Å². The summed E-state index contributed by atoms with van der Waals surface area (Å²) in [5.41, 5.74) is -0.161. The van der Waals surface area contributed by atoms with Crippen molar-refractivity contribution in [2.24, 2.45) is 0 Å². The lowest BCUT2D eigenvalue weighted by molar-refractivity contribution is 0.0314. The molecule has 5 nitrogen and oxygen atoms in total. The molecule has 0 spiro atoms. The van der Waals surface area contributed by atoms with Crippen LogP contribution in [0, 0.1) is 0 Å². The fraction of sp³-hybridized carbons (Fsp3) is 0.667. The first-order chi connectivity index (χ1) is 7.57. The molecule has 1 fully saturated rings. The van der Waals surface area contributed by atoms with Crippen LogP contribution in [0.25, 0.3) is 0 Å². The highest BCUT2D eigenvalue weighted by Gasteiger charge is 2.29. The van der Waals surface area contributed by atoms with Crippen LogP contribution in [0.3, 0.4) is 0 Å². The Morgan fingerprint density at radius 3 is 2.56 bits per heavy atom. The second kappa shape index (κ2) is 4.69. The van der Waals surface area contributed by atoms with Gasteiger partial charge in [-0.3, -0.25) is 0 Å². The van der Waals surface area contributed by atoms with Gasteiger partial charge in [0.05, 0.1) is 5.60 Å². The van der Waals surface area contributed by atoms with Crippen LogP contribution in [-0.4, -0.2) is 33.7 Å². The summed E-state index contributed by atoms with van der Waals surface area (Å²) in [5, 5.41) is 3.22. The van der Waals surface area contributed by atoms with Crippen molar-refractivity contribution in [2.75, 3.05) is 18.5 Å². The molecule has 7 heteroatoms. The summed E-state index contributed by atoms with van der Waals surface area (Å²) in [6, 6.07) is 0. The number of nitrogens with one attached hydrogen (secondary N) is 1. The molecule has 1 aromatic rings. The van der Waals surface area contributed by atoms with Gasteiger partial charge in [0.1, 0.15) is 0 Å². The fourth-order valence-corrected chi connectivity index (χ4v) is 2.01. The second-order valence-electron chi connectivity index (χ2n) is 3.95. The third-order valence-electron chi connectivity index (χ3n) is 2.50. The number of aromatic nitrogens is 3. The maximum Gasteiger partial charge on any atom is 0.228 e. The summed E-state index contributed by atoms with van der Waals surface area (Å²) in [6.07, 6.45) is 2.10. The van der Waals surface area contributed by atoms with Gasteiger partial charge in [-0.15, -0.1) is 0 Å². The molecule has 0 aromatic carbocycles. The lowest BCUT2D eigenvalue weighted by Crippen LogP contribution is -2.33. The summed E-state index contributed by atoms with van der Waals surface area (Å²) in [6.45, 7) is 3.48. The van der Waals surface area contributed by atoms with Crippen LogP contribution in [0.5, 0.6) is 0 Å². The Bertz CT molecular complexity index is 362. The highest BCUT2D eigenvalue weighted by atomic mass is 35.5. The van der Waals surface area contributed by atoms with E-state index in [-0.39, 0.29) is 16.2 Å². The molecule has 1 atom stereocenters. The molecule has 1 saturated heterocycles. The van der Waals surface area contributed by atoms with Crippen LogP contribution in [0.2, 0.25) is 10.6 Å². The minimum Gasteiger partial charge on any atom is -0.373 e. The summed E-state index contributed by atoms with van der Waals surface area (Å²) in [5.74, 6) is 0.377. The van der Waals surface area contributed by atoms with Crippen molar-refractivity contribution >= 4 is 29.2 Å². The molecule has 1 aromatic heterocycles. The van der Waals surface area contributed by atoms with Crippen molar-refractivity contribution in [2.45, 2.75) is 25.4 Å². The summed E-state index contributed by atoms with van der Waals surface area (Å²) in [7, 11) is 0. The number of halogens is 2. The van der Waals surface area contributed by atoms with Gasteiger partial charge in [-0.25, -0.2) is 0 Å². The molecular weight excluding hydrogens is 251 g/mol. The van der Waals surface area contributed by atoms with Gasteiger partial charge in [0.25, 0.3) is 0 Å². The van der Waals surface area contributed by atoms with Gasteiger partial charge in [-0.05, 0) is 43.0 Å². The maximum absolute atomic E-state index is 5.66. The SMILES string of the molecule is CC1(CNc2nc(Cl)nc(Cl)n2)CCCO1.